The molecule has 0 aliphatic rings. The number of benzene rings is 1. The molecule has 0 saturated carbocycles. The van der Waals surface area contributed by atoms with Gasteiger partial charge in [-0.15, -0.1) is 0 Å². The Kier molecular flexibility index (Phi) is 2.84. The Balaban J connectivity index is 2.31. The van der Waals surface area contributed by atoms with E-state index >= 15 is 0 Å². The van der Waals surface area contributed by atoms with Crippen molar-refractivity contribution in [3.63, 3.8) is 0 Å². The molecule has 0 unspecified atom stereocenters. The molecule has 1 heterocycles. The minimum atomic E-state index is 0.524. The normalized spacial score (nSPS) is 10.5. The number of nitrogens with two attached hydrogens (primary N) is 1. The van der Waals surface area contributed by atoms with Crippen LogP contribution in [0.4, 0.5) is 5.69 Å². The highest BCUT2D eigenvalue weighted by atomic mass is 35.5. The summed E-state index contributed by atoms with van der Waals surface area (Å²) >= 11 is 12.1. The second-order valence-corrected chi connectivity index (χ2v) is 3.99. The third-order valence-corrected chi connectivity index (χ3v) is 2.74. The molecule has 0 aliphatic heterocycles. The predicted octanol–water partition coefficient (Wildman–Crippen LogP) is 2.82. The molecule has 0 amide bonds. The fourth-order valence-electron chi connectivity index (χ4n) is 1.31. The maximum Gasteiger partial charge on any atom is 0.0719 e. The van der Waals surface area contributed by atoms with Gasteiger partial charge in [-0.05, 0) is 12.1 Å². The summed E-state index contributed by atoms with van der Waals surface area (Å²) in [5.74, 6) is 0. The van der Waals surface area contributed by atoms with Crippen LogP contribution in [-0.2, 0) is 6.54 Å². The van der Waals surface area contributed by atoms with Crippen molar-refractivity contribution in [1.29, 1.82) is 0 Å². The summed E-state index contributed by atoms with van der Waals surface area (Å²) < 4.78 is 1.70. The molecule has 3 nitrogen and oxygen atoms in total. The molecule has 5 heteroatoms. The van der Waals surface area contributed by atoms with Gasteiger partial charge in [-0.25, -0.2) is 0 Å². The van der Waals surface area contributed by atoms with Crippen LogP contribution >= 0.6 is 23.2 Å². The maximum absolute atomic E-state index is 6.03. The average Bonchev–Trinajstić information content (AvgIpc) is 2.58. The molecule has 0 saturated heterocycles. The van der Waals surface area contributed by atoms with Gasteiger partial charge in [0.25, 0.3) is 0 Å². The summed E-state index contributed by atoms with van der Waals surface area (Å²) in [5.41, 5.74) is 7.03. The van der Waals surface area contributed by atoms with E-state index in [9.17, 15) is 0 Å². The molecule has 2 rings (SSSR count). The quantitative estimate of drug-likeness (QED) is 0.879. The Bertz CT molecular complexity index is 459. The molecule has 78 valence electrons. The van der Waals surface area contributed by atoms with Crippen LogP contribution < -0.4 is 5.73 Å². The van der Waals surface area contributed by atoms with E-state index in [2.05, 4.69) is 5.10 Å². The molecule has 0 aliphatic carbocycles. The first kappa shape index (κ1) is 10.3. The first-order valence-electron chi connectivity index (χ1n) is 4.37. The second-order valence-electron chi connectivity index (χ2n) is 3.17. The van der Waals surface area contributed by atoms with Crippen LogP contribution in [0, 0.1) is 0 Å². The lowest BCUT2D eigenvalue weighted by atomic mass is 10.2. The van der Waals surface area contributed by atoms with Crippen molar-refractivity contribution in [2.45, 2.75) is 6.54 Å². The summed E-state index contributed by atoms with van der Waals surface area (Å²) in [6, 6.07) is 5.41. The van der Waals surface area contributed by atoms with Crippen molar-refractivity contribution in [3.05, 3.63) is 46.2 Å². The van der Waals surface area contributed by atoms with Crippen molar-refractivity contribution in [2.24, 2.45) is 0 Å². The van der Waals surface area contributed by atoms with Gasteiger partial charge in [-0.1, -0.05) is 29.3 Å². The fraction of sp³-hybridized carbons (Fsp3) is 0.100. The number of hydrogen-bond donors (Lipinski definition) is 1. The SMILES string of the molecule is Nc1cnn(Cc2c(Cl)cccc2Cl)c1. The summed E-state index contributed by atoms with van der Waals surface area (Å²) in [4.78, 5) is 0. The van der Waals surface area contributed by atoms with Crippen LogP contribution in [0.1, 0.15) is 5.56 Å². The summed E-state index contributed by atoms with van der Waals surface area (Å²) in [7, 11) is 0. The van der Waals surface area contributed by atoms with Gasteiger partial charge in [0.2, 0.25) is 0 Å². The van der Waals surface area contributed by atoms with E-state index in [4.69, 9.17) is 28.9 Å². The molecule has 1 aromatic heterocycles. The zero-order valence-electron chi connectivity index (χ0n) is 7.82. The minimum absolute atomic E-state index is 0.524. The van der Waals surface area contributed by atoms with Crippen LogP contribution in [-0.4, -0.2) is 9.78 Å². The molecule has 0 fully saturated rings. The highest BCUT2D eigenvalue weighted by Crippen LogP contribution is 2.24. The van der Waals surface area contributed by atoms with Crippen LogP contribution in [0.25, 0.3) is 0 Å². The zero-order chi connectivity index (χ0) is 10.8. The summed E-state index contributed by atoms with van der Waals surface area (Å²) in [6.45, 7) is 0.524. The third-order valence-electron chi connectivity index (χ3n) is 2.04. The predicted molar refractivity (Wildman–Crippen MR) is 62.2 cm³/mol. The van der Waals surface area contributed by atoms with Gasteiger partial charge in [0, 0.05) is 21.8 Å². The van der Waals surface area contributed by atoms with Crippen LogP contribution in [0.2, 0.25) is 10.0 Å². The van der Waals surface area contributed by atoms with Crippen molar-refractivity contribution < 1.29 is 0 Å². The van der Waals surface area contributed by atoms with E-state index in [1.54, 1.807) is 29.2 Å². The van der Waals surface area contributed by atoms with Crippen LogP contribution in [0.5, 0.6) is 0 Å². The molecule has 2 aromatic rings. The third kappa shape index (κ3) is 2.25. The van der Waals surface area contributed by atoms with Gasteiger partial charge < -0.3 is 5.73 Å². The number of nitrogen functional groups attached to an aromatic ring is 1. The van der Waals surface area contributed by atoms with E-state index in [0.29, 0.717) is 22.3 Å². The van der Waals surface area contributed by atoms with Gasteiger partial charge in [0.05, 0.1) is 18.4 Å². The highest BCUT2D eigenvalue weighted by Gasteiger charge is 2.06. The number of hydrogen-bond acceptors (Lipinski definition) is 2. The maximum atomic E-state index is 6.03. The first-order chi connectivity index (χ1) is 7.16. The Morgan fingerprint density at radius 1 is 1.27 bits per heavy atom. The summed E-state index contributed by atoms with van der Waals surface area (Å²) in [6.07, 6.45) is 3.32. The van der Waals surface area contributed by atoms with Crippen molar-refractivity contribution >= 4 is 28.9 Å². The molecule has 0 atom stereocenters. The lowest BCUT2D eigenvalue weighted by Crippen LogP contribution is -2.01. The molecule has 0 bridgehead atoms. The Morgan fingerprint density at radius 2 is 1.93 bits per heavy atom. The van der Waals surface area contributed by atoms with Gasteiger partial charge in [0.15, 0.2) is 0 Å². The van der Waals surface area contributed by atoms with E-state index in [1.807, 2.05) is 6.07 Å². The molecular weight excluding hydrogens is 233 g/mol. The first-order valence-corrected chi connectivity index (χ1v) is 5.13. The van der Waals surface area contributed by atoms with Gasteiger partial charge in [-0.3, -0.25) is 4.68 Å². The minimum Gasteiger partial charge on any atom is -0.396 e. The number of rotatable bonds is 2. The van der Waals surface area contributed by atoms with Crippen LogP contribution in [0.15, 0.2) is 30.6 Å². The summed E-state index contributed by atoms with van der Waals surface area (Å²) in [5, 5.41) is 5.34. The standard InChI is InChI=1S/C10H9Cl2N3/c11-9-2-1-3-10(12)8(9)6-15-5-7(13)4-14-15/h1-5H,6,13H2. The largest absolute Gasteiger partial charge is 0.396 e. The molecule has 0 spiro atoms. The lowest BCUT2D eigenvalue weighted by molar-refractivity contribution is 0.687. The Morgan fingerprint density at radius 3 is 2.47 bits per heavy atom. The van der Waals surface area contributed by atoms with Crippen LogP contribution in [0.3, 0.4) is 0 Å². The zero-order valence-corrected chi connectivity index (χ0v) is 9.33. The van der Waals surface area contributed by atoms with E-state index in [-0.39, 0.29) is 0 Å². The van der Waals surface area contributed by atoms with Crippen molar-refractivity contribution in [1.82, 2.24) is 9.78 Å². The van der Waals surface area contributed by atoms with Gasteiger partial charge >= 0.3 is 0 Å². The monoisotopic (exact) mass is 241 g/mol. The molecule has 0 radical (unpaired) electrons. The Labute approximate surface area is 97.4 Å². The fourth-order valence-corrected chi connectivity index (χ4v) is 1.83. The number of aromatic nitrogens is 2. The molecule has 1 aromatic carbocycles. The van der Waals surface area contributed by atoms with Gasteiger partial charge in [-0.2, -0.15) is 5.10 Å². The Hall–Kier alpha value is -1.19. The average molecular weight is 242 g/mol. The lowest BCUT2D eigenvalue weighted by Gasteiger charge is -2.06. The smallest absolute Gasteiger partial charge is 0.0719 e. The van der Waals surface area contributed by atoms with E-state index in [1.165, 1.54) is 0 Å². The van der Waals surface area contributed by atoms with Gasteiger partial charge in [0.1, 0.15) is 0 Å². The topological polar surface area (TPSA) is 43.8 Å². The molecular formula is C10H9Cl2N3. The van der Waals surface area contributed by atoms with Crippen molar-refractivity contribution in [3.8, 4) is 0 Å². The van der Waals surface area contributed by atoms with E-state index in [0.717, 1.165) is 5.56 Å². The number of nitrogens with zero attached hydrogens (tertiary/aromatic N) is 2. The van der Waals surface area contributed by atoms with E-state index < -0.39 is 0 Å². The van der Waals surface area contributed by atoms with Crippen molar-refractivity contribution in [2.75, 3.05) is 5.73 Å². The number of halogens is 2. The molecule has 2 N–H and O–H groups in total. The highest BCUT2D eigenvalue weighted by molar-refractivity contribution is 6.35. The number of anilines is 1. The second kappa shape index (κ2) is 4.13. The molecule has 15 heavy (non-hydrogen) atoms.